The molecule has 0 unspecified atom stereocenters. The van der Waals surface area contributed by atoms with Crippen LogP contribution in [0, 0.1) is 0 Å². The lowest BCUT2D eigenvalue weighted by molar-refractivity contribution is -0.120. The maximum atomic E-state index is 12.5. The SMILES string of the molecule is CNC(=O)CCN(C)C(=O)c1ncccc1C(=O)OC(C)(C)C. The molecule has 0 saturated carbocycles. The average molecular weight is 321 g/mol. The van der Waals surface area contributed by atoms with E-state index in [2.05, 4.69) is 10.3 Å². The minimum Gasteiger partial charge on any atom is -0.456 e. The number of hydrogen-bond acceptors (Lipinski definition) is 5. The number of amides is 2. The van der Waals surface area contributed by atoms with E-state index in [1.807, 2.05) is 0 Å². The van der Waals surface area contributed by atoms with Crippen LogP contribution in [-0.2, 0) is 9.53 Å². The molecule has 7 nitrogen and oxygen atoms in total. The van der Waals surface area contributed by atoms with Crippen molar-refractivity contribution < 1.29 is 19.1 Å². The van der Waals surface area contributed by atoms with E-state index in [1.165, 1.54) is 24.2 Å². The third-order valence-corrected chi connectivity index (χ3v) is 2.93. The fourth-order valence-electron chi connectivity index (χ4n) is 1.75. The topological polar surface area (TPSA) is 88.6 Å². The number of nitrogens with one attached hydrogen (secondary N) is 1. The van der Waals surface area contributed by atoms with Crippen LogP contribution in [0.5, 0.6) is 0 Å². The van der Waals surface area contributed by atoms with Crippen molar-refractivity contribution in [3.05, 3.63) is 29.6 Å². The fraction of sp³-hybridized carbons (Fsp3) is 0.500. The molecule has 1 aromatic rings. The second kappa shape index (κ2) is 7.71. The molecule has 23 heavy (non-hydrogen) atoms. The molecule has 0 aliphatic heterocycles. The smallest absolute Gasteiger partial charge is 0.341 e. The molecule has 1 N–H and O–H groups in total. The van der Waals surface area contributed by atoms with Crippen LogP contribution < -0.4 is 5.32 Å². The molecule has 2 amide bonds. The first-order valence-corrected chi connectivity index (χ1v) is 7.30. The molecular formula is C16H23N3O4. The number of carbonyl (C=O) groups excluding carboxylic acids is 3. The van der Waals surface area contributed by atoms with E-state index >= 15 is 0 Å². The number of ether oxygens (including phenoxy) is 1. The molecular weight excluding hydrogens is 298 g/mol. The van der Waals surface area contributed by atoms with Gasteiger partial charge in [0, 0.05) is 33.3 Å². The van der Waals surface area contributed by atoms with E-state index < -0.39 is 17.5 Å². The molecule has 0 aliphatic rings. The van der Waals surface area contributed by atoms with Crippen molar-refractivity contribution in [2.24, 2.45) is 0 Å². The largest absolute Gasteiger partial charge is 0.456 e. The number of pyridine rings is 1. The summed E-state index contributed by atoms with van der Waals surface area (Å²) in [5, 5.41) is 2.49. The second-order valence-electron chi connectivity index (χ2n) is 6.05. The van der Waals surface area contributed by atoms with E-state index in [0.29, 0.717) is 0 Å². The monoisotopic (exact) mass is 321 g/mol. The molecule has 0 bridgehead atoms. The molecule has 0 spiro atoms. The first-order chi connectivity index (χ1) is 10.7. The van der Waals surface area contributed by atoms with Gasteiger partial charge in [0.2, 0.25) is 5.91 Å². The minimum absolute atomic E-state index is 0.0150. The first-order valence-electron chi connectivity index (χ1n) is 7.30. The van der Waals surface area contributed by atoms with E-state index in [1.54, 1.807) is 33.9 Å². The Morgan fingerprint density at radius 1 is 1.30 bits per heavy atom. The molecule has 1 aromatic heterocycles. The first kappa shape index (κ1) is 18.6. The van der Waals surface area contributed by atoms with Gasteiger partial charge in [-0.25, -0.2) is 4.79 Å². The number of hydrogen-bond donors (Lipinski definition) is 1. The Labute approximate surface area is 136 Å². The highest BCUT2D eigenvalue weighted by molar-refractivity contribution is 6.04. The summed E-state index contributed by atoms with van der Waals surface area (Å²) in [6.07, 6.45) is 1.61. The standard InChI is InChI=1S/C16H23N3O4/c1-16(2,3)23-15(22)11-7-6-9-18-13(11)14(21)19(5)10-8-12(20)17-4/h6-7,9H,8,10H2,1-5H3,(H,17,20). The number of esters is 1. The summed E-state index contributed by atoms with van der Waals surface area (Å²) in [5.74, 6) is -1.21. The number of rotatable bonds is 5. The van der Waals surface area contributed by atoms with E-state index in [9.17, 15) is 14.4 Å². The molecule has 126 valence electrons. The van der Waals surface area contributed by atoms with Gasteiger partial charge in [-0.15, -0.1) is 0 Å². The van der Waals surface area contributed by atoms with Crippen molar-refractivity contribution in [1.29, 1.82) is 0 Å². The summed E-state index contributed by atoms with van der Waals surface area (Å²) >= 11 is 0. The zero-order valence-corrected chi connectivity index (χ0v) is 14.2. The predicted octanol–water partition coefficient (Wildman–Crippen LogP) is 1.24. The van der Waals surface area contributed by atoms with Crippen LogP contribution in [0.2, 0.25) is 0 Å². The van der Waals surface area contributed by atoms with Crippen molar-refractivity contribution >= 4 is 17.8 Å². The zero-order chi connectivity index (χ0) is 17.6. The Kier molecular flexibility index (Phi) is 6.24. The maximum Gasteiger partial charge on any atom is 0.341 e. The molecule has 1 heterocycles. The Hall–Kier alpha value is -2.44. The second-order valence-corrected chi connectivity index (χ2v) is 6.05. The van der Waals surface area contributed by atoms with Crippen LogP contribution in [0.4, 0.5) is 0 Å². The number of carbonyl (C=O) groups is 3. The average Bonchev–Trinajstić information content (AvgIpc) is 2.49. The van der Waals surface area contributed by atoms with Crippen LogP contribution in [-0.4, -0.2) is 53.9 Å². The number of nitrogens with zero attached hydrogens (tertiary/aromatic N) is 2. The molecule has 1 rings (SSSR count). The Morgan fingerprint density at radius 3 is 2.52 bits per heavy atom. The van der Waals surface area contributed by atoms with Gasteiger partial charge in [-0.1, -0.05) is 0 Å². The van der Waals surface area contributed by atoms with Gasteiger partial charge in [0.25, 0.3) is 5.91 Å². The predicted molar refractivity (Wildman–Crippen MR) is 85.0 cm³/mol. The zero-order valence-electron chi connectivity index (χ0n) is 14.2. The Bertz CT molecular complexity index is 593. The molecule has 0 radical (unpaired) electrons. The van der Waals surface area contributed by atoms with E-state index in [4.69, 9.17) is 4.74 Å². The van der Waals surface area contributed by atoms with Gasteiger partial charge in [-0.3, -0.25) is 14.6 Å². The van der Waals surface area contributed by atoms with Crippen molar-refractivity contribution in [3.63, 3.8) is 0 Å². The minimum atomic E-state index is -0.668. The summed E-state index contributed by atoms with van der Waals surface area (Å²) in [6.45, 7) is 5.47. The summed E-state index contributed by atoms with van der Waals surface area (Å²) < 4.78 is 5.30. The van der Waals surface area contributed by atoms with Gasteiger partial charge in [-0.2, -0.15) is 0 Å². The Balaban J connectivity index is 2.93. The van der Waals surface area contributed by atoms with Crippen molar-refractivity contribution in [2.75, 3.05) is 20.6 Å². The van der Waals surface area contributed by atoms with Crippen LogP contribution in [0.3, 0.4) is 0 Å². The van der Waals surface area contributed by atoms with E-state index in [-0.39, 0.29) is 30.1 Å². The van der Waals surface area contributed by atoms with Gasteiger partial charge < -0.3 is 15.0 Å². The summed E-state index contributed by atoms with van der Waals surface area (Å²) in [5.41, 5.74) is -0.543. The molecule has 0 aliphatic carbocycles. The van der Waals surface area contributed by atoms with Crippen LogP contribution in [0.25, 0.3) is 0 Å². The molecule has 0 aromatic carbocycles. The highest BCUT2D eigenvalue weighted by Gasteiger charge is 2.25. The third kappa shape index (κ3) is 5.69. The maximum absolute atomic E-state index is 12.5. The lowest BCUT2D eigenvalue weighted by Gasteiger charge is -2.21. The molecule has 0 saturated heterocycles. The third-order valence-electron chi connectivity index (χ3n) is 2.93. The highest BCUT2D eigenvalue weighted by Crippen LogP contribution is 2.15. The fourth-order valence-corrected chi connectivity index (χ4v) is 1.75. The van der Waals surface area contributed by atoms with E-state index in [0.717, 1.165) is 0 Å². The summed E-state index contributed by atoms with van der Waals surface area (Å²) in [6, 6.07) is 3.07. The van der Waals surface area contributed by atoms with Gasteiger partial charge in [-0.05, 0) is 32.9 Å². The van der Waals surface area contributed by atoms with Gasteiger partial charge in [0.1, 0.15) is 11.3 Å². The number of aromatic nitrogens is 1. The van der Waals surface area contributed by atoms with Crippen molar-refractivity contribution in [2.45, 2.75) is 32.8 Å². The highest BCUT2D eigenvalue weighted by atomic mass is 16.6. The van der Waals surface area contributed by atoms with Gasteiger partial charge in [0.05, 0.1) is 5.56 Å². The van der Waals surface area contributed by atoms with Crippen LogP contribution >= 0.6 is 0 Å². The lowest BCUT2D eigenvalue weighted by atomic mass is 10.1. The Morgan fingerprint density at radius 2 is 1.96 bits per heavy atom. The normalized spacial score (nSPS) is 10.8. The summed E-state index contributed by atoms with van der Waals surface area (Å²) in [7, 11) is 3.09. The molecule has 0 atom stereocenters. The van der Waals surface area contributed by atoms with Crippen molar-refractivity contribution in [1.82, 2.24) is 15.2 Å². The van der Waals surface area contributed by atoms with Crippen molar-refractivity contribution in [3.8, 4) is 0 Å². The van der Waals surface area contributed by atoms with Gasteiger partial charge >= 0.3 is 5.97 Å². The summed E-state index contributed by atoms with van der Waals surface area (Å²) in [4.78, 5) is 41.3. The van der Waals surface area contributed by atoms with Gasteiger partial charge in [0.15, 0.2) is 0 Å². The lowest BCUT2D eigenvalue weighted by Crippen LogP contribution is -2.33. The van der Waals surface area contributed by atoms with Crippen LogP contribution in [0.15, 0.2) is 18.3 Å². The van der Waals surface area contributed by atoms with Crippen LogP contribution in [0.1, 0.15) is 48.0 Å². The molecule has 0 fully saturated rings. The quantitative estimate of drug-likeness (QED) is 0.824. The molecule has 7 heteroatoms.